The number of anilines is 2. The van der Waals surface area contributed by atoms with Crippen molar-refractivity contribution in [1.29, 1.82) is 0 Å². The summed E-state index contributed by atoms with van der Waals surface area (Å²) in [4.78, 5) is 37.2. The van der Waals surface area contributed by atoms with Crippen LogP contribution >= 0.6 is 11.6 Å². The smallest absolute Gasteiger partial charge is 0.244 e. The Hall–Kier alpha value is -2.86. The van der Waals surface area contributed by atoms with Crippen LogP contribution in [0.2, 0.25) is 5.02 Å². The molecule has 6 nitrogen and oxygen atoms in total. The molecule has 2 rings (SSSR count). The average molecular weight is 389 g/mol. The van der Waals surface area contributed by atoms with Crippen LogP contribution < -0.4 is 15.0 Å². The van der Waals surface area contributed by atoms with E-state index in [1.54, 1.807) is 43.3 Å². The van der Waals surface area contributed by atoms with Crippen LogP contribution in [0.15, 0.2) is 36.4 Å². The number of hydrogen-bond acceptors (Lipinski definition) is 4. The second-order valence-corrected chi connectivity index (χ2v) is 6.47. The molecule has 0 heterocycles. The molecule has 0 spiro atoms. The average Bonchev–Trinajstić information content (AvgIpc) is 2.62. The molecule has 0 bridgehead atoms. The molecule has 0 aromatic heterocycles. The van der Waals surface area contributed by atoms with Crippen molar-refractivity contribution in [3.05, 3.63) is 52.5 Å². The molecule has 2 aromatic carbocycles. The Bertz CT molecular complexity index is 878. The molecule has 0 aliphatic heterocycles. The first-order valence-corrected chi connectivity index (χ1v) is 8.63. The van der Waals surface area contributed by atoms with Crippen LogP contribution in [0.3, 0.4) is 0 Å². The molecule has 0 aliphatic rings. The predicted octanol–water partition coefficient (Wildman–Crippen LogP) is 3.85. The summed E-state index contributed by atoms with van der Waals surface area (Å²) >= 11 is 6.11. The number of methoxy groups -OCH3 is 1. The van der Waals surface area contributed by atoms with E-state index in [0.29, 0.717) is 27.7 Å². The van der Waals surface area contributed by atoms with Gasteiger partial charge in [0.1, 0.15) is 12.3 Å². The van der Waals surface area contributed by atoms with E-state index in [4.69, 9.17) is 16.3 Å². The number of Topliss-reactive ketones (excluding diaryl/α,β-unsaturated/α-hetero) is 1. The first kappa shape index (κ1) is 20.5. The number of rotatable bonds is 6. The van der Waals surface area contributed by atoms with Crippen LogP contribution in [0, 0.1) is 6.92 Å². The molecule has 7 heteroatoms. The van der Waals surface area contributed by atoms with Gasteiger partial charge in [-0.2, -0.15) is 0 Å². The second kappa shape index (κ2) is 8.68. The zero-order valence-corrected chi connectivity index (χ0v) is 16.4. The molecule has 0 unspecified atom stereocenters. The number of ether oxygens (including phenoxy) is 1. The molecule has 142 valence electrons. The van der Waals surface area contributed by atoms with Gasteiger partial charge in [0.05, 0.1) is 12.8 Å². The van der Waals surface area contributed by atoms with Crippen LogP contribution in [-0.4, -0.2) is 31.3 Å². The molecule has 0 saturated heterocycles. The van der Waals surface area contributed by atoms with Crippen molar-refractivity contribution in [3.8, 4) is 5.75 Å². The highest BCUT2D eigenvalue weighted by Crippen LogP contribution is 2.34. The number of nitrogens with zero attached hydrogens (tertiary/aromatic N) is 1. The van der Waals surface area contributed by atoms with E-state index in [1.807, 2.05) is 0 Å². The summed E-state index contributed by atoms with van der Waals surface area (Å²) in [5.74, 6) is -0.340. The normalized spacial score (nSPS) is 10.3. The maximum Gasteiger partial charge on any atom is 0.244 e. The summed E-state index contributed by atoms with van der Waals surface area (Å²) < 4.78 is 5.31. The van der Waals surface area contributed by atoms with E-state index >= 15 is 0 Å². The van der Waals surface area contributed by atoms with Gasteiger partial charge < -0.3 is 10.1 Å². The molecule has 1 N–H and O–H groups in total. The lowest BCUT2D eigenvalue weighted by Crippen LogP contribution is -2.37. The number of carbonyl (C=O) groups is 3. The molecule has 0 radical (unpaired) electrons. The van der Waals surface area contributed by atoms with Crippen molar-refractivity contribution in [2.75, 3.05) is 23.9 Å². The topological polar surface area (TPSA) is 75.7 Å². The van der Waals surface area contributed by atoms with Gasteiger partial charge in [-0.3, -0.25) is 19.3 Å². The lowest BCUT2D eigenvalue weighted by Gasteiger charge is -2.23. The van der Waals surface area contributed by atoms with Crippen molar-refractivity contribution < 1.29 is 19.1 Å². The molecule has 0 atom stereocenters. The third-order valence-corrected chi connectivity index (χ3v) is 4.42. The zero-order valence-electron chi connectivity index (χ0n) is 15.6. The Labute approximate surface area is 163 Å². The first-order chi connectivity index (χ1) is 12.7. The van der Waals surface area contributed by atoms with E-state index in [-0.39, 0.29) is 24.1 Å². The van der Waals surface area contributed by atoms with Gasteiger partial charge >= 0.3 is 0 Å². The van der Waals surface area contributed by atoms with Crippen molar-refractivity contribution >= 4 is 40.6 Å². The molecule has 0 fully saturated rings. The van der Waals surface area contributed by atoms with Gasteiger partial charge in [-0.15, -0.1) is 0 Å². The third kappa shape index (κ3) is 5.08. The Balaban J connectivity index is 2.21. The largest absolute Gasteiger partial charge is 0.495 e. The lowest BCUT2D eigenvalue weighted by molar-refractivity contribution is -0.120. The molecule has 0 aliphatic carbocycles. The SMILES string of the molecule is COc1cc(Cl)c(C)cc1N(CC(=O)Nc1ccc(C(C)=O)cc1)C(C)=O. The summed E-state index contributed by atoms with van der Waals surface area (Å²) in [6.07, 6.45) is 0. The summed E-state index contributed by atoms with van der Waals surface area (Å²) in [6.45, 7) is 4.46. The number of carbonyl (C=O) groups excluding carboxylic acids is 3. The number of nitrogens with one attached hydrogen (secondary N) is 1. The molecule has 2 aromatic rings. The number of ketones is 1. The fourth-order valence-electron chi connectivity index (χ4n) is 2.52. The highest BCUT2D eigenvalue weighted by atomic mass is 35.5. The van der Waals surface area contributed by atoms with E-state index in [2.05, 4.69) is 5.32 Å². The highest BCUT2D eigenvalue weighted by Gasteiger charge is 2.21. The van der Waals surface area contributed by atoms with Crippen LogP contribution in [0.5, 0.6) is 5.75 Å². The minimum atomic E-state index is -0.379. The van der Waals surface area contributed by atoms with E-state index in [1.165, 1.54) is 25.9 Å². The Morgan fingerprint density at radius 3 is 2.26 bits per heavy atom. The lowest BCUT2D eigenvalue weighted by atomic mass is 10.1. The van der Waals surface area contributed by atoms with E-state index in [0.717, 1.165) is 5.56 Å². The van der Waals surface area contributed by atoms with Crippen LogP contribution in [-0.2, 0) is 9.59 Å². The van der Waals surface area contributed by atoms with Crippen molar-refractivity contribution in [3.63, 3.8) is 0 Å². The molecule has 0 saturated carbocycles. The standard InChI is InChI=1S/C20H21ClN2O4/c1-12-9-18(19(27-4)10-17(12)21)23(14(3)25)11-20(26)22-16-7-5-15(6-8-16)13(2)24/h5-10H,11H2,1-4H3,(H,22,26). The minimum absolute atomic E-state index is 0.0548. The molecule has 2 amide bonds. The maximum atomic E-state index is 12.4. The van der Waals surface area contributed by atoms with Crippen molar-refractivity contribution in [2.24, 2.45) is 0 Å². The fourth-order valence-corrected chi connectivity index (χ4v) is 2.67. The quantitative estimate of drug-likeness (QED) is 0.762. The van der Waals surface area contributed by atoms with Gasteiger partial charge in [0.25, 0.3) is 0 Å². The van der Waals surface area contributed by atoms with Gasteiger partial charge in [0.2, 0.25) is 11.8 Å². The van der Waals surface area contributed by atoms with Gasteiger partial charge in [0, 0.05) is 29.3 Å². The highest BCUT2D eigenvalue weighted by molar-refractivity contribution is 6.31. The van der Waals surface area contributed by atoms with E-state index in [9.17, 15) is 14.4 Å². The predicted molar refractivity (Wildman–Crippen MR) is 106 cm³/mol. The third-order valence-electron chi connectivity index (χ3n) is 4.01. The van der Waals surface area contributed by atoms with Crippen LogP contribution in [0.25, 0.3) is 0 Å². The van der Waals surface area contributed by atoms with Gasteiger partial charge in [-0.05, 0) is 49.7 Å². The summed E-state index contributed by atoms with van der Waals surface area (Å²) in [5, 5.41) is 3.22. The maximum absolute atomic E-state index is 12.4. The van der Waals surface area contributed by atoms with Crippen molar-refractivity contribution in [1.82, 2.24) is 0 Å². The number of amides is 2. The van der Waals surface area contributed by atoms with Crippen LogP contribution in [0.4, 0.5) is 11.4 Å². The minimum Gasteiger partial charge on any atom is -0.495 e. The zero-order chi connectivity index (χ0) is 20.1. The second-order valence-electron chi connectivity index (χ2n) is 6.06. The van der Waals surface area contributed by atoms with Crippen molar-refractivity contribution in [2.45, 2.75) is 20.8 Å². The van der Waals surface area contributed by atoms with Gasteiger partial charge in [-0.1, -0.05) is 11.6 Å². The Morgan fingerprint density at radius 1 is 1.11 bits per heavy atom. The monoisotopic (exact) mass is 388 g/mol. The van der Waals surface area contributed by atoms with Gasteiger partial charge in [0.15, 0.2) is 5.78 Å². The summed E-state index contributed by atoms with van der Waals surface area (Å²) in [7, 11) is 1.47. The van der Waals surface area contributed by atoms with E-state index < -0.39 is 0 Å². The number of aryl methyl sites for hydroxylation is 1. The fraction of sp³-hybridized carbons (Fsp3) is 0.250. The first-order valence-electron chi connectivity index (χ1n) is 8.26. The van der Waals surface area contributed by atoms with Gasteiger partial charge in [-0.25, -0.2) is 0 Å². The Kier molecular flexibility index (Phi) is 6.58. The molecule has 27 heavy (non-hydrogen) atoms. The molecular weight excluding hydrogens is 368 g/mol. The summed E-state index contributed by atoms with van der Waals surface area (Å²) in [5.41, 5.74) is 2.32. The number of hydrogen-bond donors (Lipinski definition) is 1. The summed E-state index contributed by atoms with van der Waals surface area (Å²) in [6, 6.07) is 9.86. The molecular formula is C20H21ClN2O4. The van der Waals surface area contributed by atoms with Crippen LogP contribution in [0.1, 0.15) is 29.8 Å². The number of benzene rings is 2. The Morgan fingerprint density at radius 2 is 1.74 bits per heavy atom. The number of halogens is 1.